The van der Waals surface area contributed by atoms with E-state index in [1.165, 1.54) is 6.08 Å². The first-order chi connectivity index (χ1) is 6.66. The van der Waals surface area contributed by atoms with E-state index < -0.39 is 6.10 Å². The van der Waals surface area contributed by atoms with Crippen molar-refractivity contribution >= 4 is 5.97 Å². The van der Waals surface area contributed by atoms with E-state index >= 15 is 0 Å². The fraction of sp³-hybridized carbons (Fsp3) is 0.700. The van der Waals surface area contributed by atoms with Gasteiger partial charge in [0.25, 0.3) is 0 Å². The zero-order valence-corrected chi connectivity index (χ0v) is 8.05. The Balaban J connectivity index is 2.02. The van der Waals surface area contributed by atoms with Gasteiger partial charge in [-0.1, -0.05) is 0 Å². The Morgan fingerprint density at radius 2 is 2.29 bits per heavy atom. The largest absolute Gasteiger partial charge is 0.460 e. The van der Waals surface area contributed by atoms with Crippen molar-refractivity contribution in [2.45, 2.75) is 44.2 Å². The number of fused-ring (bicyclic) bond motifs is 1. The summed E-state index contributed by atoms with van der Waals surface area (Å²) in [5.41, 5.74) is 0. The number of aliphatic hydroxyl groups is 1. The van der Waals surface area contributed by atoms with E-state index in [0.29, 0.717) is 12.8 Å². The number of rotatable bonds is 0. The summed E-state index contributed by atoms with van der Waals surface area (Å²) in [6.07, 6.45) is 3.50. The maximum atomic E-state index is 11.1. The zero-order valence-electron chi connectivity index (χ0n) is 8.05. The highest BCUT2D eigenvalue weighted by Crippen LogP contribution is 2.29. The number of esters is 1. The van der Waals surface area contributed by atoms with Gasteiger partial charge in [-0.25, -0.2) is 4.79 Å². The highest BCUT2D eigenvalue weighted by molar-refractivity contribution is 5.82. The second kappa shape index (κ2) is 3.71. The molecule has 0 aliphatic carbocycles. The molecule has 0 unspecified atom stereocenters. The van der Waals surface area contributed by atoms with Gasteiger partial charge in [0.15, 0.2) is 0 Å². The van der Waals surface area contributed by atoms with Crippen molar-refractivity contribution in [2.24, 2.45) is 0 Å². The molecule has 4 heteroatoms. The lowest BCUT2D eigenvalue weighted by molar-refractivity contribution is -0.142. The molecule has 0 radical (unpaired) electrons. The molecule has 14 heavy (non-hydrogen) atoms. The Kier molecular flexibility index (Phi) is 2.56. The first-order valence-electron chi connectivity index (χ1n) is 4.89. The maximum Gasteiger partial charge on any atom is 0.330 e. The summed E-state index contributed by atoms with van der Waals surface area (Å²) < 4.78 is 10.2. The van der Waals surface area contributed by atoms with Gasteiger partial charge in [0.2, 0.25) is 0 Å². The van der Waals surface area contributed by atoms with Crippen molar-refractivity contribution in [3.63, 3.8) is 0 Å². The van der Waals surface area contributed by atoms with Crippen molar-refractivity contribution in [1.82, 2.24) is 0 Å². The van der Waals surface area contributed by atoms with Gasteiger partial charge in [-0.2, -0.15) is 0 Å². The van der Waals surface area contributed by atoms with Crippen molar-refractivity contribution in [3.05, 3.63) is 12.2 Å². The van der Waals surface area contributed by atoms with Gasteiger partial charge in [-0.15, -0.1) is 0 Å². The molecule has 2 aliphatic rings. The van der Waals surface area contributed by atoms with Gasteiger partial charge in [0.05, 0.1) is 12.2 Å². The van der Waals surface area contributed by atoms with Crippen LogP contribution in [-0.4, -0.2) is 35.5 Å². The quantitative estimate of drug-likeness (QED) is 0.452. The van der Waals surface area contributed by atoms with E-state index in [2.05, 4.69) is 0 Å². The molecule has 0 saturated carbocycles. The average Bonchev–Trinajstić information content (AvgIpc) is 2.89. The number of cyclic esters (lactones) is 1. The lowest BCUT2D eigenvalue weighted by atomic mass is 10.1. The maximum absolute atomic E-state index is 11.1. The number of hydrogen-bond donors (Lipinski definition) is 1. The van der Waals surface area contributed by atoms with Gasteiger partial charge >= 0.3 is 5.97 Å². The topological polar surface area (TPSA) is 59.1 Å². The molecule has 4 nitrogen and oxygen atoms in total. The SMILES string of the molecule is C[C@@H]1CC[C@@H](O)[C@@H]2O[C@H]2/C=C\C(=O)O1. The number of carbonyl (C=O) groups is 1. The van der Waals surface area contributed by atoms with Gasteiger partial charge in [0.1, 0.15) is 12.2 Å². The van der Waals surface area contributed by atoms with E-state index in [9.17, 15) is 9.90 Å². The van der Waals surface area contributed by atoms with E-state index in [0.717, 1.165) is 0 Å². The monoisotopic (exact) mass is 198 g/mol. The summed E-state index contributed by atoms with van der Waals surface area (Å²) in [5.74, 6) is -0.330. The van der Waals surface area contributed by atoms with Crippen LogP contribution in [0.1, 0.15) is 19.8 Å². The van der Waals surface area contributed by atoms with E-state index in [4.69, 9.17) is 9.47 Å². The molecular formula is C10H14O4. The summed E-state index contributed by atoms with van der Waals surface area (Å²) in [6, 6.07) is 0. The second-order valence-electron chi connectivity index (χ2n) is 3.82. The fourth-order valence-electron chi connectivity index (χ4n) is 1.64. The number of hydrogen-bond acceptors (Lipinski definition) is 4. The van der Waals surface area contributed by atoms with Crippen LogP contribution >= 0.6 is 0 Å². The fourth-order valence-corrected chi connectivity index (χ4v) is 1.64. The van der Waals surface area contributed by atoms with E-state index in [1.807, 2.05) is 6.92 Å². The molecule has 0 bridgehead atoms. The van der Waals surface area contributed by atoms with Crippen LogP contribution in [0.4, 0.5) is 0 Å². The van der Waals surface area contributed by atoms with Crippen molar-refractivity contribution in [3.8, 4) is 0 Å². The van der Waals surface area contributed by atoms with Gasteiger partial charge in [-0.3, -0.25) is 0 Å². The highest BCUT2D eigenvalue weighted by Gasteiger charge is 2.42. The molecule has 4 atom stereocenters. The smallest absolute Gasteiger partial charge is 0.330 e. The van der Waals surface area contributed by atoms with Crippen LogP contribution in [0.15, 0.2) is 12.2 Å². The minimum atomic E-state index is -0.441. The van der Waals surface area contributed by atoms with E-state index in [1.54, 1.807) is 6.08 Å². The molecule has 2 rings (SSSR count). The van der Waals surface area contributed by atoms with E-state index in [-0.39, 0.29) is 24.3 Å². The first-order valence-corrected chi connectivity index (χ1v) is 4.89. The van der Waals surface area contributed by atoms with Gasteiger partial charge < -0.3 is 14.6 Å². The standard InChI is InChI=1S/C10H14O4/c1-6-2-3-7(11)10-8(14-10)4-5-9(12)13-6/h4-8,10-11H,2-3H2,1H3/b5-4-/t6-,7-,8+,10+/m1/s1. The Bertz CT molecular complexity index is 261. The Morgan fingerprint density at radius 3 is 3.07 bits per heavy atom. The van der Waals surface area contributed by atoms with Crippen LogP contribution in [0.5, 0.6) is 0 Å². The molecule has 78 valence electrons. The van der Waals surface area contributed by atoms with Crippen LogP contribution in [0.25, 0.3) is 0 Å². The number of aliphatic hydroxyl groups excluding tert-OH is 1. The molecule has 0 spiro atoms. The minimum absolute atomic E-state index is 0.106. The summed E-state index contributed by atoms with van der Waals surface area (Å²) in [5, 5.41) is 9.63. The molecule has 2 aliphatic heterocycles. The molecule has 0 aromatic heterocycles. The minimum Gasteiger partial charge on any atom is -0.460 e. The zero-order chi connectivity index (χ0) is 10.1. The van der Waals surface area contributed by atoms with Crippen LogP contribution in [0.3, 0.4) is 0 Å². The van der Waals surface area contributed by atoms with Crippen molar-refractivity contribution in [1.29, 1.82) is 0 Å². The predicted molar refractivity (Wildman–Crippen MR) is 48.6 cm³/mol. The predicted octanol–water partition coefficient (Wildman–Crippen LogP) is 0.396. The van der Waals surface area contributed by atoms with Gasteiger partial charge in [0, 0.05) is 6.08 Å². The molecule has 0 amide bonds. The Hall–Kier alpha value is -0.870. The van der Waals surface area contributed by atoms with Crippen molar-refractivity contribution < 1.29 is 19.4 Å². The molecule has 1 fully saturated rings. The first kappa shape index (κ1) is 9.68. The summed E-state index contributed by atoms with van der Waals surface area (Å²) >= 11 is 0. The lowest BCUT2D eigenvalue weighted by Gasteiger charge is -2.14. The third-order valence-electron chi connectivity index (χ3n) is 2.55. The number of ether oxygens (including phenoxy) is 2. The third-order valence-corrected chi connectivity index (χ3v) is 2.55. The van der Waals surface area contributed by atoms with Crippen LogP contribution in [0.2, 0.25) is 0 Å². The summed E-state index contributed by atoms with van der Waals surface area (Å²) in [6.45, 7) is 1.82. The second-order valence-corrected chi connectivity index (χ2v) is 3.82. The third kappa shape index (κ3) is 2.13. The molecular weight excluding hydrogens is 184 g/mol. The highest BCUT2D eigenvalue weighted by atomic mass is 16.6. The van der Waals surface area contributed by atoms with Crippen LogP contribution in [0, 0.1) is 0 Å². The van der Waals surface area contributed by atoms with Crippen molar-refractivity contribution in [2.75, 3.05) is 0 Å². The molecule has 2 heterocycles. The van der Waals surface area contributed by atoms with Crippen LogP contribution < -0.4 is 0 Å². The molecule has 0 aromatic carbocycles. The van der Waals surface area contributed by atoms with Gasteiger partial charge in [-0.05, 0) is 25.8 Å². The summed E-state index contributed by atoms with van der Waals surface area (Å²) in [4.78, 5) is 11.1. The molecule has 1 saturated heterocycles. The summed E-state index contributed by atoms with van der Waals surface area (Å²) in [7, 11) is 0. The molecule has 1 N–H and O–H groups in total. The lowest BCUT2D eigenvalue weighted by Crippen LogP contribution is -2.22. The van der Waals surface area contributed by atoms with Crippen LogP contribution in [-0.2, 0) is 14.3 Å². The Morgan fingerprint density at radius 1 is 1.50 bits per heavy atom. The molecule has 0 aromatic rings. The number of epoxide rings is 1. The normalized spacial score (nSPS) is 44.9. The average molecular weight is 198 g/mol. The number of carbonyl (C=O) groups excluding carboxylic acids is 1. The Labute approximate surface area is 82.5 Å².